The van der Waals surface area contributed by atoms with Gasteiger partial charge in [-0.1, -0.05) is 23.1 Å². The van der Waals surface area contributed by atoms with Crippen molar-refractivity contribution >= 4 is 33.4 Å². The summed E-state index contributed by atoms with van der Waals surface area (Å²) in [5, 5.41) is 0. The Morgan fingerprint density at radius 3 is 2.71 bits per heavy atom. The average molecular weight is 271 g/mol. The molecule has 0 radical (unpaired) electrons. The van der Waals surface area contributed by atoms with Crippen LogP contribution in [0.2, 0.25) is 0 Å². The fourth-order valence-corrected chi connectivity index (χ4v) is 2.73. The first-order valence-electron chi connectivity index (χ1n) is 5.11. The first kappa shape index (κ1) is 12.4. The Hall–Kier alpha value is -1.08. The van der Waals surface area contributed by atoms with Crippen LogP contribution in [0, 0.1) is 0 Å². The minimum absolute atomic E-state index is 0.0153. The molecule has 17 heavy (non-hydrogen) atoms. The zero-order valence-corrected chi connectivity index (χ0v) is 11.7. The summed E-state index contributed by atoms with van der Waals surface area (Å²) < 4.78 is 7.73. The normalized spacial score (nSPS) is 11.4. The van der Waals surface area contributed by atoms with E-state index in [1.165, 1.54) is 27.7 Å². The van der Waals surface area contributed by atoms with Gasteiger partial charge in [0.25, 0.3) is 5.56 Å². The van der Waals surface area contributed by atoms with Crippen LogP contribution in [0.4, 0.5) is 0 Å². The van der Waals surface area contributed by atoms with Crippen LogP contribution in [-0.2, 0) is 7.05 Å². The van der Waals surface area contributed by atoms with Gasteiger partial charge in [-0.15, -0.1) is 0 Å². The third-order valence-corrected chi connectivity index (χ3v) is 4.03. The Balaban J connectivity index is 2.64. The van der Waals surface area contributed by atoms with Crippen molar-refractivity contribution in [3.05, 3.63) is 10.4 Å². The standard InChI is InChI=1S/C10H13N3O2S2/c1-5(2)15-9-12-7-6(8(14)13(9)3)11-10(16-4)17-7/h5H,1-4H3. The average Bonchev–Trinajstić information content (AvgIpc) is 2.68. The van der Waals surface area contributed by atoms with E-state index in [9.17, 15) is 4.79 Å². The Bertz CT molecular complexity index is 603. The van der Waals surface area contributed by atoms with E-state index in [-0.39, 0.29) is 11.7 Å². The Labute approximate surface area is 107 Å². The Morgan fingerprint density at radius 2 is 2.12 bits per heavy atom. The highest BCUT2D eigenvalue weighted by Crippen LogP contribution is 2.26. The largest absolute Gasteiger partial charge is 0.462 e. The third-order valence-electron chi connectivity index (χ3n) is 2.10. The summed E-state index contributed by atoms with van der Waals surface area (Å²) in [7, 11) is 1.64. The van der Waals surface area contributed by atoms with Gasteiger partial charge in [-0.25, -0.2) is 4.98 Å². The smallest absolute Gasteiger partial charge is 0.300 e. The number of nitrogens with zero attached hydrogens (tertiary/aromatic N) is 3. The van der Waals surface area contributed by atoms with Gasteiger partial charge >= 0.3 is 6.01 Å². The second kappa shape index (κ2) is 4.66. The van der Waals surface area contributed by atoms with Crippen molar-refractivity contribution in [3.8, 4) is 6.01 Å². The van der Waals surface area contributed by atoms with Crippen LogP contribution >= 0.6 is 23.1 Å². The summed E-state index contributed by atoms with van der Waals surface area (Å²) in [5.41, 5.74) is 0.250. The van der Waals surface area contributed by atoms with Crippen molar-refractivity contribution in [3.63, 3.8) is 0 Å². The molecule has 0 aromatic carbocycles. The molecule has 2 aromatic rings. The molecule has 0 N–H and O–H groups in total. The van der Waals surface area contributed by atoms with Crippen molar-refractivity contribution in [2.75, 3.05) is 6.26 Å². The molecule has 0 saturated carbocycles. The maximum Gasteiger partial charge on any atom is 0.300 e. The Kier molecular flexibility index (Phi) is 3.39. The summed E-state index contributed by atoms with van der Waals surface area (Å²) in [6.07, 6.45) is 1.91. The highest BCUT2D eigenvalue weighted by atomic mass is 32.2. The molecule has 0 fully saturated rings. The van der Waals surface area contributed by atoms with Gasteiger partial charge in [0.15, 0.2) is 14.7 Å². The van der Waals surface area contributed by atoms with Crippen molar-refractivity contribution in [2.24, 2.45) is 7.05 Å². The molecule has 7 heteroatoms. The van der Waals surface area contributed by atoms with Crippen LogP contribution in [0.3, 0.4) is 0 Å². The maximum absolute atomic E-state index is 12.0. The SMILES string of the molecule is CSc1nc2c(=O)n(C)c(OC(C)C)nc2s1. The molecule has 0 atom stereocenters. The fourth-order valence-electron chi connectivity index (χ4n) is 1.32. The molecule has 92 valence electrons. The van der Waals surface area contributed by atoms with E-state index in [0.717, 1.165) is 4.34 Å². The molecule has 0 bridgehead atoms. The zero-order chi connectivity index (χ0) is 12.6. The topological polar surface area (TPSA) is 57.0 Å². The quantitative estimate of drug-likeness (QED) is 0.798. The molecule has 0 unspecified atom stereocenters. The summed E-state index contributed by atoms with van der Waals surface area (Å²) in [4.78, 5) is 21.2. The number of hydrogen-bond acceptors (Lipinski definition) is 6. The van der Waals surface area contributed by atoms with Crippen LogP contribution in [0.25, 0.3) is 10.3 Å². The number of rotatable bonds is 3. The number of aromatic nitrogens is 3. The molecule has 0 aliphatic rings. The number of fused-ring (bicyclic) bond motifs is 1. The van der Waals surface area contributed by atoms with Crippen LogP contribution in [0.15, 0.2) is 9.13 Å². The van der Waals surface area contributed by atoms with Gasteiger partial charge in [0.05, 0.1) is 6.10 Å². The van der Waals surface area contributed by atoms with Gasteiger partial charge in [-0.3, -0.25) is 9.36 Å². The number of ether oxygens (including phenoxy) is 1. The molecule has 0 saturated heterocycles. The van der Waals surface area contributed by atoms with Gasteiger partial charge in [0.1, 0.15) is 0 Å². The predicted octanol–water partition coefficient (Wildman–Crippen LogP) is 1.90. The van der Waals surface area contributed by atoms with E-state index in [4.69, 9.17) is 4.74 Å². The van der Waals surface area contributed by atoms with E-state index in [2.05, 4.69) is 9.97 Å². The van der Waals surface area contributed by atoms with E-state index in [1.807, 2.05) is 20.1 Å². The lowest BCUT2D eigenvalue weighted by Gasteiger charge is -2.11. The molecule has 2 heterocycles. The van der Waals surface area contributed by atoms with E-state index >= 15 is 0 Å². The monoisotopic (exact) mass is 271 g/mol. The zero-order valence-electron chi connectivity index (χ0n) is 10.1. The first-order chi connectivity index (χ1) is 8.02. The van der Waals surface area contributed by atoms with Crippen molar-refractivity contribution < 1.29 is 4.74 Å². The lowest BCUT2D eigenvalue weighted by Crippen LogP contribution is -2.22. The Morgan fingerprint density at radius 1 is 1.41 bits per heavy atom. The van der Waals surface area contributed by atoms with E-state index < -0.39 is 0 Å². The second-order valence-corrected chi connectivity index (χ2v) is 5.79. The van der Waals surface area contributed by atoms with Gasteiger partial charge in [0.2, 0.25) is 0 Å². The van der Waals surface area contributed by atoms with Crippen molar-refractivity contribution in [2.45, 2.75) is 24.3 Å². The minimum atomic E-state index is -0.165. The predicted molar refractivity (Wildman–Crippen MR) is 70.2 cm³/mol. The summed E-state index contributed by atoms with van der Waals surface area (Å²) in [6.45, 7) is 3.80. The van der Waals surface area contributed by atoms with E-state index in [0.29, 0.717) is 16.4 Å². The molecule has 0 aliphatic carbocycles. The van der Waals surface area contributed by atoms with Crippen molar-refractivity contribution in [1.82, 2.24) is 14.5 Å². The molecular formula is C10H13N3O2S2. The second-order valence-electron chi connectivity index (χ2n) is 3.76. The van der Waals surface area contributed by atoms with Gasteiger partial charge in [0, 0.05) is 7.05 Å². The van der Waals surface area contributed by atoms with Crippen LogP contribution in [0.1, 0.15) is 13.8 Å². The molecular weight excluding hydrogens is 258 g/mol. The van der Waals surface area contributed by atoms with Crippen LogP contribution in [0.5, 0.6) is 6.01 Å². The molecule has 2 aromatic heterocycles. The van der Waals surface area contributed by atoms with Crippen LogP contribution in [-0.4, -0.2) is 26.9 Å². The molecule has 0 aliphatic heterocycles. The number of thioether (sulfide) groups is 1. The molecule has 5 nitrogen and oxygen atoms in total. The maximum atomic E-state index is 12.0. The summed E-state index contributed by atoms with van der Waals surface area (Å²) in [5.74, 6) is 0. The molecule has 0 spiro atoms. The van der Waals surface area contributed by atoms with Crippen LogP contribution < -0.4 is 10.3 Å². The fraction of sp³-hybridized carbons (Fsp3) is 0.500. The minimum Gasteiger partial charge on any atom is -0.462 e. The summed E-state index contributed by atoms with van der Waals surface area (Å²) in [6, 6.07) is 0.341. The number of hydrogen-bond donors (Lipinski definition) is 0. The molecule has 0 amide bonds. The van der Waals surface area contributed by atoms with E-state index in [1.54, 1.807) is 7.05 Å². The van der Waals surface area contributed by atoms with Crippen molar-refractivity contribution in [1.29, 1.82) is 0 Å². The summed E-state index contributed by atoms with van der Waals surface area (Å²) >= 11 is 2.92. The lowest BCUT2D eigenvalue weighted by molar-refractivity contribution is 0.212. The first-order valence-corrected chi connectivity index (χ1v) is 7.15. The third kappa shape index (κ3) is 2.30. The number of thiazole rings is 1. The van der Waals surface area contributed by atoms with Gasteiger partial charge in [-0.05, 0) is 20.1 Å². The highest BCUT2D eigenvalue weighted by molar-refractivity contribution is 8.00. The molecule has 2 rings (SSSR count). The van der Waals surface area contributed by atoms with Gasteiger partial charge < -0.3 is 4.74 Å². The highest BCUT2D eigenvalue weighted by Gasteiger charge is 2.14. The van der Waals surface area contributed by atoms with Gasteiger partial charge in [-0.2, -0.15) is 4.98 Å². The lowest BCUT2D eigenvalue weighted by atomic mass is 10.5.